The molecule has 3 heterocycles. The van der Waals surface area contributed by atoms with E-state index >= 15 is 0 Å². The molecule has 1 atom stereocenters. The zero-order valence-electron chi connectivity index (χ0n) is 17.8. The Morgan fingerprint density at radius 1 is 1.11 bits per heavy atom. The molecule has 6 heteroatoms. The first-order chi connectivity index (χ1) is 12.7. The lowest BCUT2D eigenvalue weighted by Gasteiger charge is -2.38. The molecule has 1 amide bonds. The molecule has 6 nitrogen and oxygen atoms in total. The van der Waals surface area contributed by atoms with Crippen LogP contribution in [0.15, 0.2) is 6.07 Å². The average molecular weight is 374 g/mol. The molecule has 2 saturated heterocycles. The zero-order valence-corrected chi connectivity index (χ0v) is 17.8. The Morgan fingerprint density at radius 2 is 1.78 bits per heavy atom. The number of carbonyl (C=O) groups excluding carboxylic acids is 1. The SMILES string of the molecule is CCc1cc(N2CCN(C3CCN(C(C)C)C3=O)CC2)nc(C(C)(C)C)n1. The lowest BCUT2D eigenvalue weighted by Crippen LogP contribution is -2.53. The third-order valence-electron chi connectivity index (χ3n) is 5.71. The summed E-state index contributed by atoms with van der Waals surface area (Å²) in [6, 6.07) is 2.50. The van der Waals surface area contributed by atoms with Crippen molar-refractivity contribution in [2.75, 3.05) is 37.6 Å². The number of rotatable bonds is 4. The largest absolute Gasteiger partial charge is 0.354 e. The molecule has 150 valence electrons. The molecule has 1 aromatic rings. The Kier molecular flexibility index (Phi) is 5.75. The van der Waals surface area contributed by atoms with Gasteiger partial charge in [0.05, 0.1) is 6.04 Å². The molecule has 0 spiro atoms. The molecule has 2 aliphatic heterocycles. The first kappa shape index (κ1) is 20.1. The fourth-order valence-corrected chi connectivity index (χ4v) is 3.96. The highest BCUT2D eigenvalue weighted by molar-refractivity contribution is 5.84. The number of anilines is 1. The normalized spacial score (nSPS) is 22.2. The molecule has 0 aromatic carbocycles. The van der Waals surface area contributed by atoms with E-state index < -0.39 is 0 Å². The highest BCUT2D eigenvalue weighted by Gasteiger charge is 2.38. The van der Waals surface area contributed by atoms with Gasteiger partial charge in [-0.2, -0.15) is 0 Å². The topological polar surface area (TPSA) is 52.6 Å². The molecule has 1 aromatic heterocycles. The second-order valence-electron chi connectivity index (χ2n) is 9.10. The minimum atomic E-state index is -0.0572. The van der Waals surface area contributed by atoms with Crippen LogP contribution in [0.2, 0.25) is 0 Å². The van der Waals surface area contributed by atoms with E-state index in [0.29, 0.717) is 11.9 Å². The van der Waals surface area contributed by atoms with E-state index in [-0.39, 0.29) is 11.5 Å². The maximum Gasteiger partial charge on any atom is 0.240 e. The van der Waals surface area contributed by atoms with Crippen LogP contribution in [0.4, 0.5) is 5.82 Å². The minimum Gasteiger partial charge on any atom is -0.354 e. The van der Waals surface area contributed by atoms with Crippen LogP contribution in [0.25, 0.3) is 0 Å². The number of likely N-dealkylation sites (tertiary alicyclic amines) is 1. The fourth-order valence-electron chi connectivity index (χ4n) is 3.96. The number of amides is 1. The van der Waals surface area contributed by atoms with Gasteiger partial charge >= 0.3 is 0 Å². The van der Waals surface area contributed by atoms with E-state index in [2.05, 4.69) is 57.4 Å². The lowest BCUT2D eigenvalue weighted by molar-refractivity contribution is -0.133. The molecular formula is C21H35N5O. The summed E-state index contributed by atoms with van der Waals surface area (Å²) in [6.45, 7) is 17.4. The molecular weight excluding hydrogens is 338 g/mol. The maximum absolute atomic E-state index is 12.7. The van der Waals surface area contributed by atoms with Gasteiger partial charge in [0.15, 0.2) is 0 Å². The van der Waals surface area contributed by atoms with Crippen molar-refractivity contribution in [3.63, 3.8) is 0 Å². The van der Waals surface area contributed by atoms with Crippen LogP contribution in [0, 0.1) is 0 Å². The van der Waals surface area contributed by atoms with Crippen molar-refractivity contribution >= 4 is 11.7 Å². The van der Waals surface area contributed by atoms with Crippen LogP contribution in [0.1, 0.15) is 59.5 Å². The lowest BCUT2D eigenvalue weighted by atomic mass is 9.95. The first-order valence-electron chi connectivity index (χ1n) is 10.4. The summed E-state index contributed by atoms with van der Waals surface area (Å²) in [7, 11) is 0. The van der Waals surface area contributed by atoms with Gasteiger partial charge in [-0.1, -0.05) is 27.7 Å². The molecule has 27 heavy (non-hydrogen) atoms. The van der Waals surface area contributed by atoms with Crippen molar-refractivity contribution in [1.82, 2.24) is 19.8 Å². The molecule has 0 aliphatic carbocycles. The summed E-state index contributed by atoms with van der Waals surface area (Å²) in [4.78, 5) is 29.0. The van der Waals surface area contributed by atoms with Crippen molar-refractivity contribution in [1.29, 1.82) is 0 Å². The summed E-state index contributed by atoms with van der Waals surface area (Å²) in [5.41, 5.74) is 1.05. The van der Waals surface area contributed by atoms with Gasteiger partial charge in [0.1, 0.15) is 11.6 Å². The summed E-state index contributed by atoms with van der Waals surface area (Å²) >= 11 is 0. The average Bonchev–Trinajstić information content (AvgIpc) is 3.02. The summed E-state index contributed by atoms with van der Waals surface area (Å²) in [5, 5.41) is 0. The van der Waals surface area contributed by atoms with Gasteiger partial charge in [-0.05, 0) is 26.7 Å². The van der Waals surface area contributed by atoms with Crippen molar-refractivity contribution in [3.8, 4) is 0 Å². The second kappa shape index (κ2) is 7.74. The number of hydrogen-bond donors (Lipinski definition) is 0. The smallest absolute Gasteiger partial charge is 0.240 e. The fraction of sp³-hybridized carbons (Fsp3) is 0.762. The molecule has 0 bridgehead atoms. The predicted octanol–water partition coefficient (Wildman–Crippen LogP) is 2.47. The Bertz CT molecular complexity index is 674. The molecule has 0 radical (unpaired) electrons. The van der Waals surface area contributed by atoms with Crippen molar-refractivity contribution < 1.29 is 4.79 Å². The van der Waals surface area contributed by atoms with E-state index in [0.717, 1.165) is 62.9 Å². The Labute approximate surface area is 164 Å². The van der Waals surface area contributed by atoms with Gasteiger partial charge in [0, 0.05) is 55.9 Å². The quantitative estimate of drug-likeness (QED) is 0.811. The number of nitrogens with zero attached hydrogens (tertiary/aromatic N) is 5. The van der Waals surface area contributed by atoms with Gasteiger partial charge in [-0.3, -0.25) is 9.69 Å². The Balaban J connectivity index is 1.68. The van der Waals surface area contributed by atoms with Crippen LogP contribution in [-0.4, -0.2) is 70.5 Å². The van der Waals surface area contributed by atoms with Gasteiger partial charge in [-0.25, -0.2) is 9.97 Å². The van der Waals surface area contributed by atoms with Crippen molar-refractivity contribution in [2.24, 2.45) is 0 Å². The number of hydrogen-bond acceptors (Lipinski definition) is 5. The third kappa shape index (κ3) is 4.26. The van der Waals surface area contributed by atoms with E-state index in [4.69, 9.17) is 9.97 Å². The molecule has 3 rings (SSSR count). The Morgan fingerprint density at radius 3 is 2.30 bits per heavy atom. The molecule has 2 aliphatic rings. The first-order valence-corrected chi connectivity index (χ1v) is 10.4. The van der Waals surface area contributed by atoms with E-state index in [1.807, 2.05) is 4.90 Å². The van der Waals surface area contributed by atoms with Gasteiger partial charge in [0.25, 0.3) is 0 Å². The maximum atomic E-state index is 12.7. The van der Waals surface area contributed by atoms with Crippen LogP contribution in [0.5, 0.6) is 0 Å². The van der Waals surface area contributed by atoms with E-state index in [1.54, 1.807) is 0 Å². The van der Waals surface area contributed by atoms with Crippen LogP contribution in [0.3, 0.4) is 0 Å². The van der Waals surface area contributed by atoms with Crippen LogP contribution >= 0.6 is 0 Å². The number of carbonyl (C=O) groups is 1. The molecule has 0 saturated carbocycles. The minimum absolute atomic E-state index is 0.0572. The van der Waals surface area contributed by atoms with Crippen LogP contribution in [-0.2, 0) is 16.6 Å². The summed E-state index contributed by atoms with van der Waals surface area (Å²) in [6.07, 6.45) is 1.87. The van der Waals surface area contributed by atoms with Crippen molar-refractivity contribution in [2.45, 2.75) is 71.9 Å². The molecule has 0 N–H and O–H groups in total. The monoisotopic (exact) mass is 373 g/mol. The predicted molar refractivity (Wildman–Crippen MR) is 109 cm³/mol. The molecule has 2 fully saturated rings. The van der Waals surface area contributed by atoms with Crippen LogP contribution < -0.4 is 4.90 Å². The van der Waals surface area contributed by atoms with E-state index in [9.17, 15) is 4.79 Å². The number of aromatic nitrogens is 2. The highest BCUT2D eigenvalue weighted by atomic mass is 16.2. The van der Waals surface area contributed by atoms with Crippen molar-refractivity contribution in [3.05, 3.63) is 17.6 Å². The molecule has 1 unspecified atom stereocenters. The number of piperazine rings is 1. The highest BCUT2D eigenvalue weighted by Crippen LogP contribution is 2.25. The Hall–Kier alpha value is -1.69. The van der Waals surface area contributed by atoms with E-state index in [1.165, 1.54) is 0 Å². The number of aryl methyl sites for hydroxylation is 1. The van der Waals surface area contributed by atoms with Gasteiger partial charge in [0.2, 0.25) is 5.91 Å². The summed E-state index contributed by atoms with van der Waals surface area (Å²) < 4.78 is 0. The summed E-state index contributed by atoms with van der Waals surface area (Å²) in [5.74, 6) is 2.26. The standard InChI is InChI=1S/C21H35N5O/c1-7-16-14-18(23-20(22-16)21(4,5)6)25-12-10-24(11-13-25)17-8-9-26(15(2)3)19(17)27/h14-15,17H,7-13H2,1-6H3. The van der Waals surface area contributed by atoms with Gasteiger partial charge in [-0.15, -0.1) is 0 Å². The zero-order chi connectivity index (χ0) is 19.8. The van der Waals surface area contributed by atoms with Gasteiger partial charge < -0.3 is 9.80 Å². The third-order valence-corrected chi connectivity index (χ3v) is 5.71. The second-order valence-corrected chi connectivity index (χ2v) is 9.10.